The maximum Gasteiger partial charge on any atom is 0.306 e. The van der Waals surface area contributed by atoms with Crippen LogP contribution in [0.5, 0.6) is 0 Å². The molecule has 0 amide bonds. The number of unbranched alkanes of at least 4 members (excludes halogenated alkanes) is 30. The zero-order valence-corrected chi connectivity index (χ0v) is 39.7. The molecule has 0 fully saturated rings. The van der Waals surface area contributed by atoms with E-state index in [1.807, 2.05) is 0 Å². The van der Waals surface area contributed by atoms with Crippen molar-refractivity contribution in [3.05, 3.63) is 0 Å². The minimum Gasteiger partial charge on any atom is -0.462 e. The zero-order chi connectivity index (χ0) is 42.6. The van der Waals surface area contributed by atoms with Crippen molar-refractivity contribution in [2.45, 2.75) is 291 Å². The number of carbonyl (C=O) groups excluding carboxylic acids is 3. The monoisotopic (exact) mass is 821 g/mol. The second kappa shape index (κ2) is 44.9. The van der Waals surface area contributed by atoms with Crippen molar-refractivity contribution in [2.24, 2.45) is 11.8 Å². The molecule has 0 heterocycles. The number of hydrogen-bond acceptors (Lipinski definition) is 6. The molecule has 1 unspecified atom stereocenters. The van der Waals surface area contributed by atoms with Gasteiger partial charge in [0.25, 0.3) is 0 Å². The van der Waals surface area contributed by atoms with Crippen molar-refractivity contribution >= 4 is 17.9 Å². The van der Waals surface area contributed by atoms with Crippen LogP contribution in [0.2, 0.25) is 0 Å². The minimum absolute atomic E-state index is 0.0643. The van der Waals surface area contributed by atoms with Crippen molar-refractivity contribution in [3.63, 3.8) is 0 Å². The van der Waals surface area contributed by atoms with Crippen LogP contribution in [0.3, 0.4) is 0 Å². The maximum atomic E-state index is 12.7. The second-order valence-corrected chi connectivity index (χ2v) is 18.5. The Morgan fingerprint density at radius 2 is 0.655 bits per heavy atom. The number of esters is 3. The predicted octanol–water partition coefficient (Wildman–Crippen LogP) is 16.5. The average molecular weight is 821 g/mol. The molecule has 0 saturated heterocycles. The molecule has 0 bridgehead atoms. The first kappa shape index (κ1) is 56.4. The van der Waals surface area contributed by atoms with Crippen LogP contribution in [0.25, 0.3) is 0 Å². The van der Waals surface area contributed by atoms with E-state index >= 15 is 0 Å². The van der Waals surface area contributed by atoms with Crippen LogP contribution in [0.4, 0.5) is 0 Å². The van der Waals surface area contributed by atoms with Crippen molar-refractivity contribution in [1.29, 1.82) is 0 Å². The number of ether oxygens (including phenoxy) is 3. The van der Waals surface area contributed by atoms with Crippen LogP contribution in [0.15, 0.2) is 0 Å². The van der Waals surface area contributed by atoms with Crippen LogP contribution in [0.1, 0.15) is 285 Å². The summed E-state index contributed by atoms with van der Waals surface area (Å²) in [6.07, 6.45) is 45.3. The van der Waals surface area contributed by atoms with E-state index in [0.717, 1.165) is 69.6 Å². The summed E-state index contributed by atoms with van der Waals surface area (Å²) < 4.78 is 16.7. The fourth-order valence-corrected chi connectivity index (χ4v) is 7.78. The lowest BCUT2D eigenvalue weighted by molar-refractivity contribution is -0.167. The molecule has 0 aliphatic rings. The quantitative estimate of drug-likeness (QED) is 0.0346. The summed E-state index contributed by atoms with van der Waals surface area (Å²) in [5.74, 6) is 0.867. The third-order valence-corrected chi connectivity index (χ3v) is 12.1. The van der Waals surface area contributed by atoms with Gasteiger partial charge in [0.2, 0.25) is 0 Å². The fraction of sp³-hybridized carbons (Fsp3) is 0.942. The summed E-state index contributed by atoms with van der Waals surface area (Å²) in [5, 5.41) is 0. The Hall–Kier alpha value is -1.59. The fourth-order valence-electron chi connectivity index (χ4n) is 7.78. The summed E-state index contributed by atoms with van der Waals surface area (Å²) in [6.45, 7) is 11.4. The Labute approximate surface area is 361 Å². The van der Waals surface area contributed by atoms with E-state index in [4.69, 9.17) is 14.2 Å². The highest BCUT2D eigenvalue weighted by atomic mass is 16.6. The smallest absolute Gasteiger partial charge is 0.306 e. The van der Waals surface area contributed by atoms with Gasteiger partial charge < -0.3 is 14.2 Å². The molecule has 6 nitrogen and oxygen atoms in total. The molecule has 0 rings (SSSR count). The Morgan fingerprint density at radius 3 is 0.983 bits per heavy atom. The van der Waals surface area contributed by atoms with Crippen molar-refractivity contribution in [2.75, 3.05) is 13.2 Å². The van der Waals surface area contributed by atoms with Crippen molar-refractivity contribution in [3.8, 4) is 0 Å². The normalized spacial score (nSPS) is 12.5. The van der Waals surface area contributed by atoms with Gasteiger partial charge in [-0.3, -0.25) is 14.4 Å². The lowest BCUT2D eigenvalue weighted by atomic mass is 9.99. The van der Waals surface area contributed by atoms with Crippen molar-refractivity contribution < 1.29 is 28.6 Å². The Balaban J connectivity index is 4.15. The van der Waals surface area contributed by atoms with Crippen LogP contribution < -0.4 is 0 Å². The predicted molar refractivity (Wildman–Crippen MR) is 247 cm³/mol. The lowest BCUT2D eigenvalue weighted by Gasteiger charge is -2.18. The zero-order valence-electron chi connectivity index (χ0n) is 39.7. The average Bonchev–Trinajstić information content (AvgIpc) is 3.21. The van der Waals surface area contributed by atoms with E-state index in [0.29, 0.717) is 19.3 Å². The molecule has 0 aliphatic heterocycles. The Kier molecular flexibility index (Phi) is 43.7. The largest absolute Gasteiger partial charge is 0.462 e. The first-order chi connectivity index (χ1) is 28.3. The molecule has 0 aliphatic carbocycles. The summed E-state index contributed by atoms with van der Waals surface area (Å²) in [6, 6.07) is 0. The van der Waals surface area contributed by atoms with Gasteiger partial charge in [-0.2, -0.15) is 0 Å². The molecule has 58 heavy (non-hydrogen) atoms. The third kappa shape index (κ3) is 44.0. The second-order valence-electron chi connectivity index (χ2n) is 18.5. The summed E-state index contributed by atoms with van der Waals surface area (Å²) in [5.41, 5.74) is 0. The number of hydrogen-bond donors (Lipinski definition) is 0. The first-order valence-electron chi connectivity index (χ1n) is 25.8. The van der Waals surface area contributed by atoms with Gasteiger partial charge in [0.05, 0.1) is 0 Å². The van der Waals surface area contributed by atoms with Crippen molar-refractivity contribution in [1.82, 2.24) is 0 Å². The van der Waals surface area contributed by atoms with Gasteiger partial charge in [0, 0.05) is 19.3 Å². The van der Waals surface area contributed by atoms with E-state index in [1.165, 1.54) is 173 Å². The van der Waals surface area contributed by atoms with E-state index in [9.17, 15) is 14.4 Å². The van der Waals surface area contributed by atoms with E-state index in [-0.39, 0.29) is 31.1 Å². The highest BCUT2D eigenvalue weighted by Gasteiger charge is 2.19. The lowest BCUT2D eigenvalue weighted by Crippen LogP contribution is -2.30. The van der Waals surface area contributed by atoms with E-state index < -0.39 is 6.10 Å². The molecule has 0 aromatic rings. The molecular weight excluding hydrogens is 721 g/mol. The molecule has 0 saturated carbocycles. The summed E-state index contributed by atoms with van der Waals surface area (Å²) in [4.78, 5) is 37.8. The van der Waals surface area contributed by atoms with E-state index in [2.05, 4.69) is 34.6 Å². The van der Waals surface area contributed by atoms with Gasteiger partial charge in [0.15, 0.2) is 6.10 Å². The topological polar surface area (TPSA) is 78.9 Å². The molecule has 0 radical (unpaired) electrons. The van der Waals surface area contributed by atoms with Gasteiger partial charge in [-0.25, -0.2) is 0 Å². The molecular formula is C52H100O6. The minimum atomic E-state index is -0.760. The molecule has 0 spiro atoms. The van der Waals surface area contributed by atoms with Gasteiger partial charge in [-0.15, -0.1) is 0 Å². The van der Waals surface area contributed by atoms with Crippen LogP contribution in [0, 0.1) is 11.8 Å². The number of carbonyl (C=O) groups is 3. The molecule has 0 aromatic carbocycles. The summed E-state index contributed by atoms with van der Waals surface area (Å²) in [7, 11) is 0. The standard InChI is InChI=1S/C52H100O6/c1-6-8-9-10-25-34-39-44-52(55)58-49(46-57-51(54)43-38-33-29-24-20-19-22-27-31-36-41-48(5)7-2)45-56-50(53)42-37-32-28-23-18-16-14-12-11-13-15-17-21-26-30-35-40-47(3)4/h47-49H,6-46H2,1-5H3/t48?,49-/m1/s1. The van der Waals surface area contributed by atoms with Gasteiger partial charge in [-0.1, -0.05) is 247 Å². The van der Waals surface area contributed by atoms with Gasteiger partial charge in [0.1, 0.15) is 13.2 Å². The molecule has 2 atom stereocenters. The molecule has 344 valence electrons. The number of rotatable bonds is 46. The van der Waals surface area contributed by atoms with Crippen LogP contribution in [-0.4, -0.2) is 37.2 Å². The van der Waals surface area contributed by atoms with Gasteiger partial charge in [-0.05, 0) is 31.1 Å². The SMILES string of the molecule is CCCCCCCCCC(=O)O[C@H](COC(=O)CCCCCCCCCCCCCCCCCCC(C)C)COC(=O)CCCCCCCCCCCCC(C)CC. The van der Waals surface area contributed by atoms with Crippen LogP contribution >= 0.6 is 0 Å². The summed E-state index contributed by atoms with van der Waals surface area (Å²) >= 11 is 0. The third-order valence-electron chi connectivity index (χ3n) is 12.1. The molecule has 6 heteroatoms. The van der Waals surface area contributed by atoms with Gasteiger partial charge >= 0.3 is 17.9 Å². The van der Waals surface area contributed by atoms with Crippen LogP contribution in [-0.2, 0) is 28.6 Å². The first-order valence-corrected chi connectivity index (χ1v) is 25.8. The Morgan fingerprint density at radius 1 is 0.362 bits per heavy atom. The van der Waals surface area contributed by atoms with E-state index in [1.54, 1.807) is 0 Å². The highest BCUT2D eigenvalue weighted by Crippen LogP contribution is 2.18. The highest BCUT2D eigenvalue weighted by molar-refractivity contribution is 5.71. The maximum absolute atomic E-state index is 12.7. The Bertz CT molecular complexity index is 887. The molecule has 0 N–H and O–H groups in total. The molecule has 0 aromatic heterocycles.